The highest BCUT2D eigenvalue weighted by Gasteiger charge is 2.30. The summed E-state index contributed by atoms with van der Waals surface area (Å²) in [5, 5.41) is 1.06. The predicted molar refractivity (Wildman–Crippen MR) is 92.4 cm³/mol. The molecule has 22 heavy (non-hydrogen) atoms. The number of anilines is 1. The minimum Gasteiger partial charge on any atom is -0.349 e. The lowest BCUT2D eigenvalue weighted by Crippen LogP contribution is -2.39. The Hall–Kier alpha value is -2.04. The van der Waals surface area contributed by atoms with Crippen molar-refractivity contribution in [1.82, 2.24) is 14.6 Å². The standard InChI is InChI=1S/C17H25N5/c1-5-7-13(8-6-2)21-9-11(3)14-10-22(18)17-15(14)16(21)19-12(4)20-17/h10,13H,3,5-9,18H2,1-2,4H3. The summed E-state index contributed by atoms with van der Waals surface area (Å²) in [5.74, 6) is 7.88. The fourth-order valence-electron chi connectivity index (χ4n) is 3.50. The molecule has 0 saturated carbocycles. The molecule has 3 rings (SSSR count). The van der Waals surface area contributed by atoms with Crippen LogP contribution >= 0.6 is 0 Å². The quantitative estimate of drug-likeness (QED) is 0.861. The van der Waals surface area contributed by atoms with Crippen LogP contribution < -0.4 is 10.7 Å². The van der Waals surface area contributed by atoms with Gasteiger partial charge < -0.3 is 10.7 Å². The maximum absolute atomic E-state index is 6.09. The largest absolute Gasteiger partial charge is 0.349 e. The summed E-state index contributed by atoms with van der Waals surface area (Å²) >= 11 is 0. The van der Waals surface area contributed by atoms with Crippen LogP contribution in [0.15, 0.2) is 12.8 Å². The number of nitrogens with two attached hydrogens (primary N) is 1. The van der Waals surface area contributed by atoms with Crippen molar-refractivity contribution in [2.75, 3.05) is 17.3 Å². The lowest BCUT2D eigenvalue weighted by atomic mass is 9.97. The first kappa shape index (κ1) is 14.9. The second-order valence-electron chi connectivity index (χ2n) is 6.21. The van der Waals surface area contributed by atoms with Gasteiger partial charge in [0.05, 0.1) is 5.39 Å². The van der Waals surface area contributed by atoms with Crippen LogP contribution in [0.25, 0.3) is 16.6 Å². The number of aromatic nitrogens is 3. The minimum atomic E-state index is 0.499. The smallest absolute Gasteiger partial charge is 0.164 e. The third-order valence-electron chi connectivity index (χ3n) is 4.46. The molecule has 0 atom stereocenters. The lowest BCUT2D eigenvalue weighted by molar-refractivity contribution is 0.514. The molecule has 5 nitrogen and oxygen atoms in total. The van der Waals surface area contributed by atoms with Crippen LogP contribution in [0.2, 0.25) is 0 Å². The highest BCUT2D eigenvalue weighted by Crippen LogP contribution is 2.39. The topological polar surface area (TPSA) is 60.0 Å². The van der Waals surface area contributed by atoms with Crippen molar-refractivity contribution >= 4 is 22.4 Å². The first-order valence-electron chi connectivity index (χ1n) is 8.16. The van der Waals surface area contributed by atoms with Crippen molar-refractivity contribution in [1.29, 1.82) is 0 Å². The highest BCUT2D eigenvalue weighted by molar-refractivity contribution is 6.02. The van der Waals surface area contributed by atoms with E-state index in [4.69, 9.17) is 10.8 Å². The van der Waals surface area contributed by atoms with Gasteiger partial charge in [0, 0.05) is 24.3 Å². The molecule has 0 aromatic carbocycles. The van der Waals surface area contributed by atoms with Crippen LogP contribution in [0.5, 0.6) is 0 Å². The normalized spacial score (nSPS) is 14.4. The van der Waals surface area contributed by atoms with Gasteiger partial charge in [-0.2, -0.15) is 0 Å². The molecule has 0 fully saturated rings. The Balaban J connectivity index is 2.18. The van der Waals surface area contributed by atoms with E-state index in [0.717, 1.165) is 40.4 Å². The van der Waals surface area contributed by atoms with Crippen molar-refractivity contribution in [2.45, 2.75) is 52.5 Å². The monoisotopic (exact) mass is 299 g/mol. The van der Waals surface area contributed by atoms with Gasteiger partial charge in [-0.3, -0.25) is 4.68 Å². The lowest BCUT2D eigenvalue weighted by Gasteiger charge is -2.36. The highest BCUT2D eigenvalue weighted by atomic mass is 15.3. The summed E-state index contributed by atoms with van der Waals surface area (Å²) in [5.41, 5.74) is 3.00. The zero-order valence-electron chi connectivity index (χ0n) is 13.8. The van der Waals surface area contributed by atoms with Crippen LogP contribution in [0.3, 0.4) is 0 Å². The van der Waals surface area contributed by atoms with Gasteiger partial charge in [0.25, 0.3) is 0 Å². The second-order valence-corrected chi connectivity index (χ2v) is 6.21. The number of rotatable bonds is 5. The first-order valence-corrected chi connectivity index (χ1v) is 8.16. The van der Waals surface area contributed by atoms with Crippen LogP contribution in [0.4, 0.5) is 5.82 Å². The molecule has 0 bridgehead atoms. The molecule has 2 N–H and O–H groups in total. The molecule has 0 unspecified atom stereocenters. The molecule has 1 aliphatic heterocycles. The molecule has 118 valence electrons. The summed E-state index contributed by atoms with van der Waals surface area (Å²) < 4.78 is 1.60. The maximum Gasteiger partial charge on any atom is 0.164 e. The molecule has 0 aliphatic carbocycles. The van der Waals surface area contributed by atoms with Crippen molar-refractivity contribution < 1.29 is 0 Å². The number of nitrogens with zero attached hydrogens (tertiary/aromatic N) is 4. The summed E-state index contributed by atoms with van der Waals surface area (Å²) in [6.45, 7) is 11.5. The fourth-order valence-corrected chi connectivity index (χ4v) is 3.50. The zero-order chi connectivity index (χ0) is 15.9. The number of aryl methyl sites for hydroxylation is 1. The average molecular weight is 299 g/mol. The van der Waals surface area contributed by atoms with Crippen LogP contribution in [0.1, 0.15) is 50.9 Å². The third-order valence-corrected chi connectivity index (χ3v) is 4.46. The average Bonchev–Trinajstić information content (AvgIpc) is 2.81. The number of hydrogen-bond donors (Lipinski definition) is 1. The Morgan fingerprint density at radius 3 is 2.59 bits per heavy atom. The molecule has 5 heteroatoms. The van der Waals surface area contributed by atoms with Gasteiger partial charge in [-0.1, -0.05) is 33.3 Å². The first-order chi connectivity index (χ1) is 10.6. The zero-order valence-corrected chi connectivity index (χ0v) is 13.8. The number of nitrogen functional groups attached to an aromatic ring is 1. The fraction of sp³-hybridized carbons (Fsp3) is 0.529. The van der Waals surface area contributed by atoms with Crippen molar-refractivity contribution in [3.8, 4) is 0 Å². The molecular weight excluding hydrogens is 274 g/mol. The van der Waals surface area contributed by atoms with Gasteiger partial charge in [-0.15, -0.1) is 0 Å². The van der Waals surface area contributed by atoms with Crippen molar-refractivity contribution in [3.05, 3.63) is 24.2 Å². The van der Waals surface area contributed by atoms with Gasteiger partial charge in [-0.25, -0.2) is 9.97 Å². The van der Waals surface area contributed by atoms with E-state index in [0.29, 0.717) is 6.04 Å². The van der Waals surface area contributed by atoms with Gasteiger partial charge in [-0.05, 0) is 25.3 Å². The predicted octanol–water partition coefficient (Wildman–Crippen LogP) is 3.26. The Labute approximate surface area is 131 Å². The van der Waals surface area contributed by atoms with E-state index in [2.05, 4.69) is 30.3 Å². The van der Waals surface area contributed by atoms with Crippen LogP contribution in [0, 0.1) is 6.92 Å². The van der Waals surface area contributed by atoms with E-state index in [1.165, 1.54) is 25.7 Å². The van der Waals surface area contributed by atoms with E-state index in [-0.39, 0.29) is 0 Å². The Kier molecular flexibility index (Phi) is 3.81. The van der Waals surface area contributed by atoms with Gasteiger partial charge in [0.15, 0.2) is 5.65 Å². The Morgan fingerprint density at radius 2 is 1.95 bits per heavy atom. The Morgan fingerprint density at radius 1 is 1.27 bits per heavy atom. The van der Waals surface area contributed by atoms with E-state index in [1.54, 1.807) is 4.68 Å². The minimum absolute atomic E-state index is 0.499. The summed E-state index contributed by atoms with van der Waals surface area (Å²) in [4.78, 5) is 11.7. The molecule has 0 saturated heterocycles. The molecule has 0 radical (unpaired) electrons. The molecule has 0 spiro atoms. The molecule has 1 aliphatic rings. The summed E-state index contributed by atoms with van der Waals surface area (Å²) in [6, 6.07) is 0.499. The van der Waals surface area contributed by atoms with Gasteiger partial charge in [0.2, 0.25) is 0 Å². The van der Waals surface area contributed by atoms with Crippen LogP contribution in [-0.4, -0.2) is 27.2 Å². The Bertz CT molecular complexity index is 709. The van der Waals surface area contributed by atoms with E-state index >= 15 is 0 Å². The maximum atomic E-state index is 6.09. The van der Waals surface area contributed by atoms with Crippen LogP contribution in [-0.2, 0) is 0 Å². The molecule has 0 amide bonds. The molecular formula is C17H25N5. The summed E-state index contributed by atoms with van der Waals surface area (Å²) in [7, 11) is 0. The SMILES string of the molecule is C=C1CN(C(CCC)CCC)c2nc(C)nc3c2c1cn3N. The van der Waals surface area contributed by atoms with Crippen molar-refractivity contribution in [2.24, 2.45) is 0 Å². The van der Waals surface area contributed by atoms with Gasteiger partial charge >= 0.3 is 0 Å². The van der Waals surface area contributed by atoms with E-state index in [9.17, 15) is 0 Å². The molecule has 2 aromatic rings. The number of hydrogen-bond acceptors (Lipinski definition) is 4. The second kappa shape index (κ2) is 5.63. The van der Waals surface area contributed by atoms with E-state index < -0.39 is 0 Å². The van der Waals surface area contributed by atoms with Crippen molar-refractivity contribution in [3.63, 3.8) is 0 Å². The third kappa shape index (κ3) is 2.25. The van der Waals surface area contributed by atoms with E-state index in [1.807, 2.05) is 13.1 Å². The molecule has 2 aromatic heterocycles. The summed E-state index contributed by atoms with van der Waals surface area (Å²) in [6.07, 6.45) is 6.61. The van der Waals surface area contributed by atoms with Gasteiger partial charge in [0.1, 0.15) is 11.6 Å². The molecule has 3 heterocycles.